The van der Waals surface area contributed by atoms with E-state index >= 15 is 0 Å². The highest BCUT2D eigenvalue weighted by molar-refractivity contribution is 7.91. The number of carbonyl (C=O) groups is 3. The Morgan fingerprint density at radius 2 is 1.86 bits per heavy atom. The van der Waals surface area contributed by atoms with Crippen LogP contribution in [-0.2, 0) is 28.9 Å². The van der Waals surface area contributed by atoms with Crippen molar-refractivity contribution in [2.45, 2.75) is 95.9 Å². The van der Waals surface area contributed by atoms with Gasteiger partial charge < -0.3 is 24.6 Å². The Labute approximate surface area is 249 Å². The molecule has 0 saturated carbocycles. The Bertz CT molecular complexity index is 1480. The first-order valence-electron chi connectivity index (χ1n) is 14.3. The van der Waals surface area contributed by atoms with Gasteiger partial charge in [-0.15, -0.1) is 11.3 Å². The molecule has 1 saturated heterocycles. The molecule has 2 aromatic rings. The quantitative estimate of drug-likeness (QED) is 0.230. The SMILES string of the molecule is CCCCC(CCCC)OC(=O)OCC[C@]1(C)C(c2cn3cnc(S(C)(=O)=O)c3s2)=C(C(=O)O)N2C(=O)[C@H](C(C)O)[C@@H]21. The number of thiazole rings is 1. The Morgan fingerprint density at radius 1 is 1.21 bits per heavy atom. The molecule has 0 bridgehead atoms. The number of carboxylic acid groups (broad SMARTS) is 1. The zero-order chi connectivity index (χ0) is 31.0. The predicted octanol–water partition coefficient (Wildman–Crippen LogP) is 4.12. The van der Waals surface area contributed by atoms with Crippen LogP contribution in [0.2, 0.25) is 0 Å². The molecule has 0 aliphatic carbocycles. The number of carboxylic acids is 1. The number of aromatic nitrogens is 2. The van der Waals surface area contributed by atoms with E-state index in [0.29, 0.717) is 15.3 Å². The lowest BCUT2D eigenvalue weighted by molar-refractivity contribution is -0.167. The molecule has 4 rings (SSSR count). The van der Waals surface area contributed by atoms with E-state index in [4.69, 9.17) is 9.47 Å². The number of ether oxygens (including phenoxy) is 2. The van der Waals surface area contributed by atoms with E-state index in [0.717, 1.165) is 56.1 Å². The molecule has 1 unspecified atom stereocenters. The minimum atomic E-state index is -3.66. The van der Waals surface area contributed by atoms with Crippen LogP contribution in [0, 0.1) is 11.3 Å². The number of sulfone groups is 1. The summed E-state index contributed by atoms with van der Waals surface area (Å²) in [6.07, 6.45) is 7.27. The lowest BCUT2D eigenvalue weighted by Gasteiger charge is -2.50. The fourth-order valence-corrected chi connectivity index (χ4v) is 8.51. The minimum Gasteiger partial charge on any atom is -0.477 e. The number of aliphatic hydroxyl groups is 1. The molecule has 2 aliphatic heterocycles. The minimum absolute atomic E-state index is 0.120. The summed E-state index contributed by atoms with van der Waals surface area (Å²) in [5.74, 6) is -2.70. The number of hydrogen-bond donors (Lipinski definition) is 2. The lowest BCUT2D eigenvalue weighted by Crippen LogP contribution is -2.66. The first kappa shape index (κ1) is 32.0. The number of unbranched alkanes of at least 4 members (excludes halogenated alkanes) is 2. The van der Waals surface area contributed by atoms with Crippen molar-refractivity contribution in [3.63, 3.8) is 0 Å². The Morgan fingerprint density at radius 3 is 2.40 bits per heavy atom. The molecular weight excluding hydrogens is 586 g/mol. The van der Waals surface area contributed by atoms with E-state index in [1.165, 1.54) is 22.6 Å². The van der Waals surface area contributed by atoms with Crippen LogP contribution in [0.1, 0.15) is 77.5 Å². The Kier molecular flexibility index (Phi) is 9.38. The van der Waals surface area contributed by atoms with Gasteiger partial charge in [0.15, 0.2) is 14.9 Å². The van der Waals surface area contributed by atoms with Crippen molar-refractivity contribution in [2.24, 2.45) is 11.3 Å². The highest BCUT2D eigenvalue weighted by atomic mass is 32.2. The molecule has 2 aromatic heterocycles. The fourth-order valence-electron chi connectivity index (χ4n) is 6.12. The number of aliphatic carboxylic acids is 1. The summed E-state index contributed by atoms with van der Waals surface area (Å²) in [4.78, 5) is 44.3. The average molecular weight is 626 g/mol. The van der Waals surface area contributed by atoms with Gasteiger partial charge in [-0.1, -0.05) is 46.5 Å². The summed E-state index contributed by atoms with van der Waals surface area (Å²) in [6.45, 7) is 7.28. The van der Waals surface area contributed by atoms with E-state index in [2.05, 4.69) is 18.8 Å². The van der Waals surface area contributed by atoms with Crippen LogP contribution in [0.3, 0.4) is 0 Å². The van der Waals surface area contributed by atoms with Gasteiger partial charge in [0.1, 0.15) is 23.0 Å². The molecule has 2 aliphatic rings. The van der Waals surface area contributed by atoms with Crippen LogP contribution in [-0.4, -0.2) is 82.1 Å². The number of amides is 1. The normalized spacial score (nSPS) is 22.9. The van der Waals surface area contributed by atoms with Crippen molar-refractivity contribution in [3.05, 3.63) is 23.1 Å². The molecule has 0 aromatic carbocycles. The highest BCUT2D eigenvalue weighted by Gasteiger charge is 2.66. The second kappa shape index (κ2) is 12.3. The summed E-state index contributed by atoms with van der Waals surface area (Å²) >= 11 is 1.05. The molecule has 4 heterocycles. The number of nitrogens with zero attached hydrogens (tertiary/aromatic N) is 3. The van der Waals surface area contributed by atoms with E-state index in [1.807, 2.05) is 0 Å². The number of fused-ring (bicyclic) bond motifs is 2. The summed E-state index contributed by atoms with van der Waals surface area (Å²) in [7, 11) is -3.66. The fraction of sp³-hybridized carbons (Fsp3) is 0.643. The second-order valence-electron chi connectivity index (χ2n) is 11.4. The second-order valence-corrected chi connectivity index (χ2v) is 14.3. The zero-order valence-corrected chi connectivity index (χ0v) is 26.2. The molecule has 1 amide bonds. The van der Waals surface area contributed by atoms with Crippen molar-refractivity contribution in [3.8, 4) is 0 Å². The average Bonchev–Trinajstić information content (AvgIpc) is 3.53. The van der Waals surface area contributed by atoms with Gasteiger partial charge >= 0.3 is 12.1 Å². The summed E-state index contributed by atoms with van der Waals surface area (Å²) in [5, 5.41) is 20.6. The van der Waals surface area contributed by atoms with E-state index in [1.54, 1.807) is 13.1 Å². The Balaban J connectivity index is 1.66. The van der Waals surface area contributed by atoms with Crippen molar-refractivity contribution in [1.29, 1.82) is 0 Å². The third-order valence-electron chi connectivity index (χ3n) is 8.21. The van der Waals surface area contributed by atoms with Gasteiger partial charge in [0, 0.05) is 23.4 Å². The van der Waals surface area contributed by atoms with Crippen LogP contribution >= 0.6 is 11.3 Å². The van der Waals surface area contributed by atoms with Gasteiger partial charge in [-0.2, -0.15) is 0 Å². The monoisotopic (exact) mass is 625 g/mol. The summed E-state index contributed by atoms with van der Waals surface area (Å²) in [6, 6.07) is -0.707. The lowest BCUT2D eigenvalue weighted by atomic mass is 9.66. The number of imidazole rings is 1. The molecule has 0 spiro atoms. The predicted molar refractivity (Wildman–Crippen MR) is 155 cm³/mol. The molecule has 4 atom stereocenters. The van der Waals surface area contributed by atoms with E-state index in [-0.39, 0.29) is 29.9 Å². The molecule has 42 heavy (non-hydrogen) atoms. The molecule has 2 N–H and O–H groups in total. The third-order valence-corrected chi connectivity index (χ3v) is 10.5. The number of hydrogen-bond acceptors (Lipinski definition) is 10. The maximum Gasteiger partial charge on any atom is 0.508 e. The first-order chi connectivity index (χ1) is 19.8. The van der Waals surface area contributed by atoms with Gasteiger partial charge in [0.25, 0.3) is 0 Å². The van der Waals surface area contributed by atoms with Crippen LogP contribution in [0.4, 0.5) is 4.79 Å². The molecule has 232 valence electrons. The van der Waals surface area contributed by atoms with Crippen LogP contribution in [0.25, 0.3) is 10.4 Å². The maximum absolute atomic E-state index is 13.1. The van der Waals surface area contributed by atoms with Gasteiger partial charge in [0.05, 0.1) is 29.5 Å². The number of β-lactam (4-membered cyclic amide) rings is 1. The van der Waals surface area contributed by atoms with Crippen molar-refractivity contribution >= 4 is 49.6 Å². The largest absolute Gasteiger partial charge is 0.508 e. The maximum atomic E-state index is 13.1. The first-order valence-corrected chi connectivity index (χ1v) is 17.0. The molecule has 14 heteroatoms. The number of carbonyl (C=O) groups excluding carboxylic acids is 2. The molecule has 12 nitrogen and oxygen atoms in total. The number of rotatable bonds is 14. The van der Waals surface area contributed by atoms with Crippen LogP contribution in [0.15, 0.2) is 23.2 Å². The molecule has 1 fully saturated rings. The molecule has 0 radical (unpaired) electrons. The van der Waals surface area contributed by atoms with Crippen molar-refractivity contribution in [1.82, 2.24) is 14.3 Å². The van der Waals surface area contributed by atoms with E-state index in [9.17, 15) is 33.0 Å². The standard InChI is InChI=1S/C28H39N3O9S2/c1-6-8-10-17(11-9-7-2)40-27(36)39-13-12-28(4)20(18-14-30-15-29-23(25(30)41-18)42(5,37)38)21(26(34)35)31-22(28)19(16(3)32)24(31)33/h14-17,19,22,32H,6-13H2,1-5H3,(H,34,35)/t16?,19-,22-,28-/m1/s1. The van der Waals surface area contributed by atoms with Gasteiger partial charge in [-0.25, -0.2) is 23.0 Å². The topological polar surface area (TPSA) is 165 Å². The molecular formula is C28H39N3O9S2. The zero-order valence-electron chi connectivity index (χ0n) is 24.5. The smallest absolute Gasteiger partial charge is 0.477 e. The van der Waals surface area contributed by atoms with Crippen LogP contribution in [0.5, 0.6) is 0 Å². The Hall–Kier alpha value is -2.97. The highest BCUT2D eigenvalue weighted by Crippen LogP contribution is 2.60. The third kappa shape index (κ3) is 5.80. The van der Waals surface area contributed by atoms with Crippen molar-refractivity contribution < 1.29 is 42.5 Å². The van der Waals surface area contributed by atoms with Gasteiger partial charge in [-0.3, -0.25) is 9.20 Å². The number of aliphatic hydroxyl groups excluding tert-OH is 1. The van der Waals surface area contributed by atoms with Gasteiger partial charge in [0.2, 0.25) is 5.91 Å². The summed E-state index contributed by atoms with van der Waals surface area (Å²) in [5.41, 5.74) is -0.982. The summed E-state index contributed by atoms with van der Waals surface area (Å²) < 4.78 is 37.2. The van der Waals surface area contributed by atoms with Gasteiger partial charge in [-0.05, 0) is 26.2 Å². The van der Waals surface area contributed by atoms with Crippen molar-refractivity contribution in [2.75, 3.05) is 12.9 Å². The van der Waals surface area contributed by atoms with E-state index < -0.39 is 51.3 Å². The van der Waals surface area contributed by atoms with Crippen LogP contribution < -0.4 is 0 Å².